The van der Waals surface area contributed by atoms with Crippen LogP contribution in [0.15, 0.2) is 73.2 Å². The van der Waals surface area contributed by atoms with Crippen LogP contribution in [-0.4, -0.2) is 101 Å². The minimum Gasteiger partial charge on any atom is -0.377 e. The van der Waals surface area contributed by atoms with E-state index in [1.165, 1.54) is 0 Å². The van der Waals surface area contributed by atoms with Gasteiger partial charge in [0.25, 0.3) is 0 Å². The Bertz CT molecular complexity index is 634. The molecule has 0 amide bonds. The van der Waals surface area contributed by atoms with E-state index in [0.717, 1.165) is 12.6 Å². The topological polar surface area (TPSA) is 77.5 Å². The molecule has 1 aliphatic rings. The van der Waals surface area contributed by atoms with Gasteiger partial charge in [-0.05, 0) is 12.2 Å². The van der Waals surface area contributed by atoms with E-state index >= 15 is 0 Å². The van der Waals surface area contributed by atoms with Gasteiger partial charge in [-0.1, -0.05) is 49.6 Å². The van der Waals surface area contributed by atoms with Crippen LogP contribution < -0.4 is 0 Å². The van der Waals surface area contributed by atoms with Gasteiger partial charge < -0.3 is 28.7 Å². The van der Waals surface area contributed by atoms with Gasteiger partial charge in [-0.15, -0.1) is 0 Å². The van der Waals surface area contributed by atoms with E-state index in [4.69, 9.17) is 18.9 Å². The third-order valence-electron chi connectivity index (χ3n) is 4.77. The molecule has 34 heavy (non-hydrogen) atoms. The van der Waals surface area contributed by atoms with E-state index in [0.29, 0.717) is 90.4 Å². The second-order valence-corrected chi connectivity index (χ2v) is 7.08. The lowest BCUT2D eigenvalue weighted by molar-refractivity contribution is -0.107. The Hall–Kier alpha value is -2.78. The number of hydrogen-bond acceptors (Lipinski definition) is 8. The second-order valence-electron chi connectivity index (χ2n) is 7.08. The normalized spacial score (nSPS) is 19.5. The molecule has 1 heterocycles. The molecule has 1 saturated heterocycles. The van der Waals surface area contributed by atoms with Crippen molar-refractivity contribution in [2.75, 3.05) is 79.0 Å². The van der Waals surface area contributed by atoms with Gasteiger partial charge in [0, 0.05) is 26.2 Å². The first-order chi connectivity index (χ1) is 16.8. The summed E-state index contributed by atoms with van der Waals surface area (Å²) in [6.45, 7) is 13.0. The molecule has 0 aliphatic carbocycles. The minimum atomic E-state index is 0.433. The lowest BCUT2D eigenvalue weighted by atomic mass is 10.3. The molecule has 1 fully saturated rings. The summed E-state index contributed by atoms with van der Waals surface area (Å²) in [7, 11) is 0. The van der Waals surface area contributed by atoms with Gasteiger partial charge in [-0.25, -0.2) is 0 Å². The monoisotopic (exact) mass is 474 g/mol. The summed E-state index contributed by atoms with van der Waals surface area (Å²) in [5, 5.41) is 0. The van der Waals surface area contributed by atoms with E-state index in [-0.39, 0.29) is 0 Å². The Morgan fingerprint density at radius 3 is 1.12 bits per heavy atom. The van der Waals surface area contributed by atoms with E-state index in [9.17, 15) is 9.59 Å². The number of hydrogen-bond donors (Lipinski definition) is 0. The molecule has 0 spiro atoms. The molecule has 0 aromatic carbocycles. The maximum absolute atomic E-state index is 11.6. The molecule has 8 heteroatoms. The van der Waals surface area contributed by atoms with Crippen LogP contribution in [0.2, 0.25) is 0 Å². The van der Waals surface area contributed by atoms with Crippen molar-refractivity contribution in [3.05, 3.63) is 73.2 Å². The highest BCUT2D eigenvalue weighted by Gasteiger charge is 2.11. The largest absolute Gasteiger partial charge is 0.377 e. The van der Waals surface area contributed by atoms with Gasteiger partial charge in [0.15, 0.2) is 12.6 Å². The summed E-state index contributed by atoms with van der Waals surface area (Å²) in [6.07, 6.45) is 15.5. The van der Waals surface area contributed by atoms with Crippen LogP contribution >= 0.6 is 0 Å². The van der Waals surface area contributed by atoms with Crippen LogP contribution in [0, 0.1) is 0 Å². The Kier molecular flexibility index (Phi) is 17.9. The van der Waals surface area contributed by atoms with Crippen molar-refractivity contribution < 1.29 is 28.5 Å². The maximum Gasteiger partial charge on any atom is 0.166 e. The molecule has 0 saturated carbocycles. The fourth-order valence-electron chi connectivity index (χ4n) is 2.99. The fourth-order valence-corrected chi connectivity index (χ4v) is 2.99. The zero-order valence-electron chi connectivity index (χ0n) is 20.0. The highest BCUT2D eigenvalue weighted by molar-refractivity contribution is 5.73. The molecule has 8 nitrogen and oxygen atoms in total. The van der Waals surface area contributed by atoms with Crippen molar-refractivity contribution in [2.24, 2.45) is 0 Å². The van der Waals surface area contributed by atoms with Crippen LogP contribution in [0.4, 0.5) is 0 Å². The van der Waals surface area contributed by atoms with Gasteiger partial charge in [0.05, 0.1) is 64.2 Å². The van der Waals surface area contributed by atoms with E-state index < -0.39 is 0 Å². The van der Waals surface area contributed by atoms with Crippen LogP contribution in [0.3, 0.4) is 0 Å². The number of carbonyl (C=O) groups is 2. The first-order valence-electron chi connectivity index (χ1n) is 11.5. The van der Waals surface area contributed by atoms with Crippen LogP contribution in [0.1, 0.15) is 0 Å². The lowest BCUT2D eigenvalue weighted by Crippen LogP contribution is -2.33. The van der Waals surface area contributed by atoms with Crippen molar-refractivity contribution in [3.63, 3.8) is 0 Å². The average Bonchev–Trinajstić information content (AvgIpc) is 2.85. The quantitative estimate of drug-likeness (QED) is 0.301. The summed E-state index contributed by atoms with van der Waals surface area (Å²) in [5.74, 6) is 0. The van der Waals surface area contributed by atoms with Gasteiger partial charge in [-0.3, -0.25) is 9.59 Å². The molecular weight excluding hydrogens is 436 g/mol. The SMILES string of the molecule is C=C/C=C/C=C(\C=O)N1CCOCCOCCN(/C(C=O)=C/C=C/C=C)CCOCCOCC1. The smallest absolute Gasteiger partial charge is 0.166 e. The Morgan fingerprint density at radius 2 is 0.853 bits per heavy atom. The first kappa shape index (κ1) is 29.3. The number of rotatable bonds is 8. The number of allylic oxidation sites excluding steroid dienone is 10. The third kappa shape index (κ3) is 13.7. The molecule has 0 atom stereocenters. The second kappa shape index (κ2) is 20.8. The van der Waals surface area contributed by atoms with Gasteiger partial charge in [0.1, 0.15) is 0 Å². The van der Waals surface area contributed by atoms with E-state index in [1.807, 2.05) is 9.80 Å². The number of aldehydes is 2. The van der Waals surface area contributed by atoms with Crippen LogP contribution in [0.25, 0.3) is 0 Å². The molecule has 1 rings (SSSR count). The molecule has 0 unspecified atom stereocenters. The molecule has 0 aromatic heterocycles. The Labute approximate surface area is 203 Å². The van der Waals surface area contributed by atoms with Crippen molar-refractivity contribution in [1.29, 1.82) is 0 Å². The fraction of sp³-hybridized carbons (Fsp3) is 0.462. The lowest BCUT2D eigenvalue weighted by Gasteiger charge is -2.25. The molecule has 188 valence electrons. The van der Waals surface area contributed by atoms with Crippen molar-refractivity contribution in [1.82, 2.24) is 9.80 Å². The van der Waals surface area contributed by atoms with Crippen molar-refractivity contribution in [3.8, 4) is 0 Å². The van der Waals surface area contributed by atoms with Gasteiger partial charge in [-0.2, -0.15) is 0 Å². The summed E-state index contributed by atoms with van der Waals surface area (Å²) in [6, 6.07) is 0. The maximum atomic E-state index is 11.6. The van der Waals surface area contributed by atoms with E-state index in [1.54, 1.807) is 48.6 Å². The summed E-state index contributed by atoms with van der Waals surface area (Å²) >= 11 is 0. The Morgan fingerprint density at radius 1 is 0.529 bits per heavy atom. The first-order valence-corrected chi connectivity index (χ1v) is 11.5. The average molecular weight is 475 g/mol. The molecule has 0 aromatic rings. The van der Waals surface area contributed by atoms with Crippen molar-refractivity contribution >= 4 is 12.6 Å². The third-order valence-corrected chi connectivity index (χ3v) is 4.77. The summed E-state index contributed by atoms with van der Waals surface area (Å²) in [4.78, 5) is 27.0. The molecule has 0 N–H and O–H groups in total. The van der Waals surface area contributed by atoms with Crippen molar-refractivity contribution in [2.45, 2.75) is 0 Å². The predicted molar refractivity (Wildman–Crippen MR) is 133 cm³/mol. The highest BCUT2D eigenvalue weighted by atomic mass is 16.5. The van der Waals surface area contributed by atoms with E-state index in [2.05, 4.69) is 13.2 Å². The molecule has 0 bridgehead atoms. The van der Waals surface area contributed by atoms with Gasteiger partial charge >= 0.3 is 0 Å². The standard InChI is InChI=1S/C26H38N2O6/c1-3-5-7-9-25(23-29)27-11-15-31-19-21-33-17-13-28(26(24-30)10-8-6-4-2)14-18-34-22-20-32-16-12-27/h3-10,23-24H,1-2,11-22H2/b7-5+,8-6+,25-9+,26-10+. The Balaban J connectivity index is 2.69. The predicted octanol–water partition coefficient (Wildman–Crippen LogP) is 2.32. The number of ether oxygens (including phenoxy) is 4. The summed E-state index contributed by atoms with van der Waals surface area (Å²) in [5.41, 5.74) is 1.10. The number of carbonyl (C=O) groups excluding carboxylic acids is 2. The summed E-state index contributed by atoms with van der Waals surface area (Å²) < 4.78 is 22.7. The minimum absolute atomic E-state index is 0.433. The molecule has 1 aliphatic heterocycles. The van der Waals surface area contributed by atoms with Gasteiger partial charge in [0.2, 0.25) is 0 Å². The molecule has 0 radical (unpaired) electrons. The number of nitrogens with zero attached hydrogens (tertiary/aromatic N) is 2. The van der Waals surface area contributed by atoms with Crippen LogP contribution in [0.5, 0.6) is 0 Å². The highest BCUT2D eigenvalue weighted by Crippen LogP contribution is 2.05. The zero-order chi connectivity index (χ0) is 24.7. The molecular formula is C26H38N2O6. The zero-order valence-corrected chi connectivity index (χ0v) is 20.0. The van der Waals surface area contributed by atoms with Crippen LogP contribution in [-0.2, 0) is 28.5 Å².